The second kappa shape index (κ2) is 5.41. The zero-order chi connectivity index (χ0) is 13.3. The van der Waals surface area contributed by atoms with E-state index in [9.17, 15) is 4.39 Å². The molecule has 2 aromatic rings. The van der Waals surface area contributed by atoms with Crippen molar-refractivity contribution in [2.75, 3.05) is 7.11 Å². The number of hydrogen-bond acceptors (Lipinski definition) is 2. The van der Waals surface area contributed by atoms with Crippen LogP contribution in [-0.2, 0) is 0 Å². The van der Waals surface area contributed by atoms with Gasteiger partial charge in [0.05, 0.1) is 11.9 Å². The summed E-state index contributed by atoms with van der Waals surface area (Å²) in [5.41, 5.74) is 2.13. The molecular weight excluding hydrogens is 315 g/mol. The first-order chi connectivity index (χ1) is 8.52. The molecule has 0 saturated heterocycles. The molecule has 1 aromatic heterocycles. The number of methoxy groups -OCH3 is 1. The Morgan fingerprint density at radius 2 is 2.00 bits per heavy atom. The lowest BCUT2D eigenvalue weighted by Crippen LogP contribution is -1.95. The van der Waals surface area contributed by atoms with Gasteiger partial charge < -0.3 is 4.74 Å². The third-order valence-corrected chi connectivity index (χ3v) is 5.29. The third-order valence-electron chi connectivity index (χ3n) is 2.78. The molecule has 1 nitrogen and oxygen atoms in total. The molecule has 0 N–H and O–H groups in total. The van der Waals surface area contributed by atoms with Gasteiger partial charge >= 0.3 is 0 Å². The first-order valence-electron chi connectivity index (χ1n) is 5.57. The predicted octanol–water partition coefficient (Wildman–Crippen LogP) is 5.00. The molecule has 0 radical (unpaired) electrons. The van der Waals surface area contributed by atoms with Crippen LogP contribution in [0.4, 0.5) is 4.39 Å². The molecule has 4 heteroatoms. The standard InChI is InChI=1S/C14H14BrFOS/c1-8-6-9(2)18-14(8)13(15)10-4-5-12(17-3)11(16)7-10/h4-7,13H,1-3H3. The minimum atomic E-state index is -0.328. The fourth-order valence-corrected chi connectivity index (χ4v) is 3.87. The van der Waals surface area contributed by atoms with E-state index in [2.05, 4.69) is 35.8 Å². The first kappa shape index (κ1) is 13.6. The molecular formula is C14H14BrFOS. The molecule has 1 atom stereocenters. The van der Waals surface area contributed by atoms with Crippen LogP contribution in [0.2, 0.25) is 0 Å². The van der Waals surface area contributed by atoms with E-state index in [4.69, 9.17) is 4.74 Å². The monoisotopic (exact) mass is 328 g/mol. The van der Waals surface area contributed by atoms with Gasteiger partial charge in [-0.2, -0.15) is 0 Å². The zero-order valence-corrected chi connectivity index (χ0v) is 12.9. The maximum atomic E-state index is 13.7. The fraction of sp³-hybridized carbons (Fsp3) is 0.286. The van der Waals surface area contributed by atoms with Crippen molar-refractivity contribution < 1.29 is 9.13 Å². The second-order valence-corrected chi connectivity index (χ2v) is 6.36. The van der Waals surface area contributed by atoms with E-state index < -0.39 is 0 Å². The fourth-order valence-electron chi connectivity index (χ4n) is 1.90. The van der Waals surface area contributed by atoms with Crippen LogP contribution < -0.4 is 4.74 Å². The summed E-state index contributed by atoms with van der Waals surface area (Å²) < 4.78 is 18.6. The number of ether oxygens (including phenoxy) is 1. The number of aryl methyl sites for hydroxylation is 2. The van der Waals surface area contributed by atoms with Gasteiger partial charge in [0.25, 0.3) is 0 Å². The molecule has 1 unspecified atom stereocenters. The molecule has 0 spiro atoms. The Morgan fingerprint density at radius 3 is 2.50 bits per heavy atom. The Morgan fingerprint density at radius 1 is 1.28 bits per heavy atom. The molecule has 0 bridgehead atoms. The van der Waals surface area contributed by atoms with Gasteiger partial charge in [0, 0.05) is 9.75 Å². The molecule has 18 heavy (non-hydrogen) atoms. The van der Waals surface area contributed by atoms with E-state index in [1.165, 1.54) is 28.5 Å². The summed E-state index contributed by atoms with van der Waals surface area (Å²) in [5, 5.41) is 0. The van der Waals surface area contributed by atoms with Crippen LogP contribution in [0, 0.1) is 19.7 Å². The minimum Gasteiger partial charge on any atom is -0.494 e. The highest BCUT2D eigenvalue weighted by Crippen LogP contribution is 2.38. The van der Waals surface area contributed by atoms with Crippen LogP contribution in [0.3, 0.4) is 0 Å². The Labute approximate surface area is 119 Å². The van der Waals surface area contributed by atoms with Crippen molar-refractivity contribution in [3.8, 4) is 5.75 Å². The van der Waals surface area contributed by atoms with E-state index in [1.54, 1.807) is 17.4 Å². The van der Waals surface area contributed by atoms with Gasteiger partial charge in [-0.25, -0.2) is 4.39 Å². The molecule has 96 valence electrons. The Hall–Kier alpha value is -0.870. The Balaban J connectivity index is 2.37. The van der Waals surface area contributed by atoms with Crippen LogP contribution in [0.5, 0.6) is 5.75 Å². The van der Waals surface area contributed by atoms with E-state index in [1.807, 2.05) is 6.07 Å². The van der Waals surface area contributed by atoms with Crippen molar-refractivity contribution in [2.24, 2.45) is 0 Å². The molecule has 0 aliphatic rings. The third kappa shape index (κ3) is 2.59. The maximum Gasteiger partial charge on any atom is 0.165 e. The van der Waals surface area contributed by atoms with Crippen molar-refractivity contribution in [2.45, 2.75) is 18.7 Å². The van der Waals surface area contributed by atoms with E-state index in [-0.39, 0.29) is 16.4 Å². The molecule has 1 aromatic carbocycles. The summed E-state index contributed by atoms with van der Waals surface area (Å²) in [6.07, 6.45) is 0. The highest BCUT2D eigenvalue weighted by Gasteiger charge is 2.17. The van der Waals surface area contributed by atoms with E-state index in [0.29, 0.717) is 0 Å². The molecule has 1 heterocycles. The van der Waals surface area contributed by atoms with Gasteiger partial charge in [-0.1, -0.05) is 22.0 Å². The highest BCUT2D eigenvalue weighted by molar-refractivity contribution is 9.09. The van der Waals surface area contributed by atoms with Crippen LogP contribution in [0.15, 0.2) is 24.3 Å². The lowest BCUT2D eigenvalue weighted by molar-refractivity contribution is 0.386. The lowest BCUT2D eigenvalue weighted by atomic mass is 10.1. The first-order valence-corrected chi connectivity index (χ1v) is 7.30. The average molecular weight is 329 g/mol. The van der Waals surface area contributed by atoms with Crippen molar-refractivity contribution >= 4 is 27.3 Å². The Bertz CT molecular complexity index is 565. The lowest BCUT2D eigenvalue weighted by Gasteiger charge is -2.11. The summed E-state index contributed by atoms with van der Waals surface area (Å²) in [7, 11) is 1.47. The Kier molecular flexibility index (Phi) is 4.07. The molecule has 0 amide bonds. The molecule has 0 fully saturated rings. The van der Waals surface area contributed by atoms with E-state index >= 15 is 0 Å². The van der Waals surface area contributed by atoms with Crippen LogP contribution in [0.25, 0.3) is 0 Å². The van der Waals surface area contributed by atoms with E-state index in [0.717, 1.165) is 5.56 Å². The van der Waals surface area contributed by atoms with Gasteiger partial charge in [0.1, 0.15) is 0 Å². The normalized spacial score (nSPS) is 12.5. The van der Waals surface area contributed by atoms with Crippen molar-refractivity contribution in [3.63, 3.8) is 0 Å². The molecule has 0 saturated carbocycles. The summed E-state index contributed by atoms with van der Waals surface area (Å²) in [6, 6.07) is 7.21. The summed E-state index contributed by atoms with van der Waals surface area (Å²) in [6.45, 7) is 4.16. The quantitative estimate of drug-likeness (QED) is 0.720. The average Bonchev–Trinajstić information content (AvgIpc) is 2.67. The number of rotatable bonds is 3. The van der Waals surface area contributed by atoms with Crippen molar-refractivity contribution in [1.82, 2.24) is 0 Å². The van der Waals surface area contributed by atoms with Gasteiger partial charge in [-0.15, -0.1) is 11.3 Å². The number of thiophene rings is 1. The van der Waals surface area contributed by atoms with Gasteiger partial charge in [-0.05, 0) is 43.2 Å². The molecule has 0 aliphatic carbocycles. The number of benzene rings is 1. The smallest absolute Gasteiger partial charge is 0.165 e. The number of hydrogen-bond donors (Lipinski definition) is 0. The van der Waals surface area contributed by atoms with Crippen molar-refractivity contribution in [1.29, 1.82) is 0 Å². The number of alkyl halides is 1. The topological polar surface area (TPSA) is 9.23 Å². The second-order valence-electron chi connectivity index (χ2n) is 4.16. The van der Waals surface area contributed by atoms with Gasteiger partial charge in [0.15, 0.2) is 11.6 Å². The van der Waals surface area contributed by atoms with Gasteiger partial charge in [0.2, 0.25) is 0 Å². The van der Waals surface area contributed by atoms with Crippen LogP contribution in [-0.4, -0.2) is 7.11 Å². The zero-order valence-electron chi connectivity index (χ0n) is 10.5. The summed E-state index contributed by atoms with van der Waals surface area (Å²) in [4.78, 5) is 2.51. The maximum absolute atomic E-state index is 13.7. The molecule has 0 aliphatic heterocycles. The SMILES string of the molecule is COc1ccc(C(Br)c2sc(C)cc2C)cc1F. The van der Waals surface area contributed by atoms with Crippen LogP contribution in [0.1, 0.15) is 25.7 Å². The van der Waals surface area contributed by atoms with Gasteiger partial charge in [-0.3, -0.25) is 0 Å². The number of halogens is 2. The predicted molar refractivity (Wildman–Crippen MR) is 77.5 cm³/mol. The molecule has 2 rings (SSSR count). The summed E-state index contributed by atoms with van der Waals surface area (Å²) >= 11 is 5.37. The minimum absolute atomic E-state index is 0.0246. The van der Waals surface area contributed by atoms with Crippen molar-refractivity contribution in [3.05, 3.63) is 51.0 Å². The summed E-state index contributed by atoms with van der Waals surface area (Å²) in [5.74, 6) is -0.0529. The van der Waals surface area contributed by atoms with Crippen LogP contribution >= 0.6 is 27.3 Å². The largest absolute Gasteiger partial charge is 0.494 e. The highest BCUT2D eigenvalue weighted by atomic mass is 79.9.